The molecule has 1 aliphatic heterocycles. The van der Waals surface area contributed by atoms with Gasteiger partial charge in [0.2, 0.25) is 0 Å². The number of hydrogen-bond acceptors (Lipinski definition) is 7. The van der Waals surface area contributed by atoms with E-state index in [9.17, 15) is 4.79 Å². The molecule has 0 bridgehead atoms. The maximum Gasteiger partial charge on any atom is 0.186 e. The van der Waals surface area contributed by atoms with Crippen molar-refractivity contribution in [1.29, 1.82) is 0 Å². The van der Waals surface area contributed by atoms with Gasteiger partial charge in [0, 0.05) is 35.7 Å². The number of halogens is 2. The van der Waals surface area contributed by atoms with Crippen molar-refractivity contribution in [2.75, 3.05) is 18.0 Å². The molecule has 9 heteroatoms. The summed E-state index contributed by atoms with van der Waals surface area (Å²) in [6.45, 7) is 4.05. The fraction of sp³-hybridized carbons (Fsp3) is 0.414. The van der Waals surface area contributed by atoms with E-state index in [0.29, 0.717) is 33.8 Å². The van der Waals surface area contributed by atoms with Gasteiger partial charge in [0.05, 0.1) is 33.0 Å². The van der Waals surface area contributed by atoms with Crippen molar-refractivity contribution in [2.45, 2.75) is 57.7 Å². The molecular formula is C29H27Cl2N3O3S. The predicted octanol–water partition coefficient (Wildman–Crippen LogP) is 7.91. The summed E-state index contributed by atoms with van der Waals surface area (Å²) in [6.07, 6.45) is 5.65. The minimum absolute atomic E-state index is 0.0834. The monoisotopic (exact) mass is 567 g/mol. The zero-order valence-corrected chi connectivity index (χ0v) is 23.3. The highest BCUT2D eigenvalue weighted by Gasteiger charge is 2.49. The van der Waals surface area contributed by atoms with Crippen LogP contribution < -0.4 is 4.90 Å². The van der Waals surface area contributed by atoms with Gasteiger partial charge in [-0.15, -0.1) is 0 Å². The number of anilines is 1. The lowest BCUT2D eigenvalue weighted by atomic mass is 9.66. The van der Waals surface area contributed by atoms with Gasteiger partial charge in [-0.1, -0.05) is 45.8 Å². The smallest absolute Gasteiger partial charge is 0.186 e. The summed E-state index contributed by atoms with van der Waals surface area (Å²) in [5, 5.41) is 6.56. The molecule has 0 N–H and O–H groups in total. The topological polar surface area (TPSA) is 68.5 Å². The lowest BCUT2D eigenvalue weighted by Crippen LogP contribution is -2.44. The number of rotatable bonds is 7. The second-order valence-corrected chi connectivity index (χ2v) is 12.8. The maximum atomic E-state index is 11.8. The average Bonchev–Trinajstić information content (AvgIpc) is 3.29. The third-order valence-electron chi connectivity index (χ3n) is 8.24. The van der Waals surface area contributed by atoms with E-state index in [-0.39, 0.29) is 17.3 Å². The highest BCUT2D eigenvalue weighted by atomic mass is 35.5. The molecule has 2 aromatic heterocycles. The Hall–Kier alpha value is -2.45. The first kappa shape index (κ1) is 24.6. The summed E-state index contributed by atoms with van der Waals surface area (Å²) >= 11 is 14.7. The zero-order valence-electron chi connectivity index (χ0n) is 21.0. The van der Waals surface area contributed by atoms with Crippen LogP contribution in [0.2, 0.25) is 10.0 Å². The molecule has 2 aromatic carbocycles. The molecule has 2 aliphatic carbocycles. The van der Waals surface area contributed by atoms with Crippen molar-refractivity contribution in [2.24, 2.45) is 5.41 Å². The Balaban J connectivity index is 1.03. The molecule has 1 saturated heterocycles. The second-order valence-electron chi connectivity index (χ2n) is 11.0. The average molecular weight is 569 g/mol. The number of fused-ring (bicyclic) bond motifs is 1. The van der Waals surface area contributed by atoms with E-state index >= 15 is 0 Å². The first-order valence-electron chi connectivity index (χ1n) is 13.1. The van der Waals surface area contributed by atoms with E-state index in [1.807, 2.05) is 36.4 Å². The summed E-state index contributed by atoms with van der Waals surface area (Å²) in [4.78, 5) is 19.0. The molecule has 196 valence electrons. The quantitative estimate of drug-likeness (QED) is 0.211. The molecule has 7 rings (SSSR count). The van der Waals surface area contributed by atoms with Gasteiger partial charge >= 0.3 is 0 Å². The van der Waals surface area contributed by atoms with Crippen LogP contribution in [0.1, 0.15) is 66.6 Å². The van der Waals surface area contributed by atoms with Gasteiger partial charge in [-0.3, -0.25) is 4.79 Å². The van der Waals surface area contributed by atoms with Gasteiger partial charge in [0.1, 0.15) is 11.5 Å². The van der Waals surface area contributed by atoms with Crippen LogP contribution in [0.25, 0.3) is 21.5 Å². The van der Waals surface area contributed by atoms with E-state index < -0.39 is 0 Å². The molecule has 0 amide bonds. The fourth-order valence-corrected chi connectivity index (χ4v) is 7.58. The lowest BCUT2D eigenvalue weighted by molar-refractivity contribution is -0.0796. The largest absolute Gasteiger partial charge is 0.373 e. The SMILES string of the molecule is CC(=O)c1ccc2nc(N3CCC4(CC(OCc5c(-c6c(Cl)cccc6Cl)noc5C5CC5)C4)C3)sc2c1. The van der Waals surface area contributed by atoms with Crippen LogP contribution in [0.15, 0.2) is 40.9 Å². The van der Waals surface area contributed by atoms with E-state index in [0.717, 1.165) is 77.4 Å². The Kier molecular flexibility index (Phi) is 6.04. The second kappa shape index (κ2) is 9.33. The van der Waals surface area contributed by atoms with Gasteiger partial charge in [-0.25, -0.2) is 4.98 Å². The van der Waals surface area contributed by atoms with Crippen molar-refractivity contribution in [1.82, 2.24) is 10.1 Å². The molecule has 2 saturated carbocycles. The molecule has 3 aliphatic rings. The molecule has 4 aromatic rings. The van der Waals surface area contributed by atoms with E-state index in [2.05, 4.69) is 10.1 Å². The molecule has 0 radical (unpaired) electrons. The fourth-order valence-electron chi connectivity index (χ4n) is 5.97. The van der Waals surface area contributed by atoms with Crippen LogP contribution in [-0.2, 0) is 11.3 Å². The highest BCUT2D eigenvalue weighted by Crippen LogP contribution is 2.52. The molecular weight excluding hydrogens is 541 g/mol. The number of thiazole rings is 1. The predicted molar refractivity (Wildman–Crippen MR) is 151 cm³/mol. The summed E-state index contributed by atoms with van der Waals surface area (Å²) in [6, 6.07) is 11.3. The van der Waals surface area contributed by atoms with Crippen molar-refractivity contribution in [3.05, 3.63) is 63.3 Å². The minimum atomic E-state index is 0.0834. The molecule has 1 spiro atoms. The number of carbonyl (C=O) groups is 1. The van der Waals surface area contributed by atoms with Crippen molar-refractivity contribution in [3.8, 4) is 11.3 Å². The summed E-state index contributed by atoms with van der Waals surface area (Å²) in [7, 11) is 0. The number of carbonyl (C=O) groups excluding carboxylic acids is 1. The third kappa shape index (κ3) is 4.34. The number of nitrogens with zero attached hydrogens (tertiary/aromatic N) is 3. The standard InChI is InChI=1S/C29H27Cl2N3O3S/c1-16(35)18-7-8-23-24(11-18)38-28(32-23)34-10-9-29(15-34)12-19(13-29)36-14-20-26(33-37-27(20)17-5-6-17)25-21(30)3-2-4-22(25)31/h2-4,7-8,11,17,19H,5-6,9-10,12-15H2,1H3. The molecule has 3 fully saturated rings. The first-order chi connectivity index (χ1) is 18.4. The number of aromatic nitrogens is 2. The Morgan fingerprint density at radius 3 is 2.74 bits per heavy atom. The number of Topliss-reactive ketones (excluding diaryl/α,β-unsaturated/α-hetero) is 1. The van der Waals surface area contributed by atoms with Crippen molar-refractivity contribution in [3.63, 3.8) is 0 Å². The highest BCUT2D eigenvalue weighted by molar-refractivity contribution is 7.22. The van der Waals surface area contributed by atoms with Crippen molar-refractivity contribution < 1.29 is 14.1 Å². The van der Waals surface area contributed by atoms with Crippen LogP contribution >= 0.6 is 34.5 Å². The number of hydrogen-bond donors (Lipinski definition) is 0. The molecule has 0 unspecified atom stereocenters. The van der Waals surface area contributed by atoms with Crippen molar-refractivity contribution >= 4 is 55.7 Å². The van der Waals surface area contributed by atoms with Gasteiger partial charge in [-0.2, -0.15) is 0 Å². The van der Waals surface area contributed by atoms with Gasteiger partial charge in [0.25, 0.3) is 0 Å². The zero-order chi connectivity index (χ0) is 26.0. The van der Waals surface area contributed by atoms with Crippen LogP contribution in [0, 0.1) is 5.41 Å². The van der Waals surface area contributed by atoms with E-state index in [4.69, 9.17) is 37.4 Å². The number of benzene rings is 2. The van der Waals surface area contributed by atoms with Gasteiger partial charge in [0.15, 0.2) is 10.9 Å². The van der Waals surface area contributed by atoms with E-state index in [1.54, 1.807) is 18.3 Å². The summed E-state index contributed by atoms with van der Waals surface area (Å²) in [5.41, 5.74) is 4.37. The lowest BCUT2D eigenvalue weighted by Gasteiger charge is -2.44. The third-order valence-corrected chi connectivity index (χ3v) is 9.95. The Bertz CT molecular complexity index is 1530. The Labute approximate surface area is 234 Å². The minimum Gasteiger partial charge on any atom is -0.373 e. The van der Waals surface area contributed by atoms with E-state index in [1.165, 1.54) is 0 Å². The number of ether oxygens (including phenoxy) is 1. The Morgan fingerprint density at radius 2 is 2.00 bits per heavy atom. The molecule has 38 heavy (non-hydrogen) atoms. The summed E-state index contributed by atoms with van der Waals surface area (Å²) in [5.74, 6) is 1.41. The van der Waals surface area contributed by atoms with Crippen LogP contribution in [-0.4, -0.2) is 35.1 Å². The van der Waals surface area contributed by atoms with Gasteiger partial charge < -0.3 is 14.2 Å². The normalized spacial score (nSPS) is 22.9. The summed E-state index contributed by atoms with van der Waals surface area (Å²) < 4.78 is 13.3. The maximum absolute atomic E-state index is 11.8. The van der Waals surface area contributed by atoms with Crippen LogP contribution in [0.5, 0.6) is 0 Å². The first-order valence-corrected chi connectivity index (χ1v) is 14.7. The van der Waals surface area contributed by atoms with Crippen LogP contribution in [0.4, 0.5) is 5.13 Å². The Morgan fingerprint density at radius 1 is 1.21 bits per heavy atom. The molecule has 3 heterocycles. The van der Waals surface area contributed by atoms with Gasteiger partial charge in [-0.05, 0) is 74.8 Å². The van der Waals surface area contributed by atoms with Crippen LogP contribution in [0.3, 0.4) is 0 Å². The molecule has 0 atom stereocenters. The molecule has 6 nitrogen and oxygen atoms in total. The number of ketones is 1.